The van der Waals surface area contributed by atoms with E-state index in [1.54, 1.807) is 0 Å². The zero-order chi connectivity index (χ0) is 35.3. The molecule has 0 amide bonds. The summed E-state index contributed by atoms with van der Waals surface area (Å²) in [5.74, 6) is 0. The Hall–Kier alpha value is -6.64. The van der Waals surface area contributed by atoms with Gasteiger partial charge >= 0.3 is 0 Å². The highest BCUT2D eigenvalue weighted by molar-refractivity contribution is 6.26. The zero-order valence-electron chi connectivity index (χ0n) is 29.6. The molecular weight excluding hydrogens is 643 g/mol. The second-order valence-corrected chi connectivity index (χ2v) is 14.9. The number of furan rings is 1. The molecule has 53 heavy (non-hydrogen) atoms. The van der Waals surface area contributed by atoms with Gasteiger partial charge in [-0.2, -0.15) is 0 Å². The molecule has 11 rings (SSSR count). The molecule has 1 aromatic heterocycles. The molecule has 0 saturated heterocycles. The Bertz CT molecular complexity index is 3060. The van der Waals surface area contributed by atoms with E-state index < -0.39 is 0 Å². The monoisotopic (exact) mass is 677 g/mol. The summed E-state index contributed by atoms with van der Waals surface area (Å²) in [5.41, 5.74) is 12.5. The van der Waals surface area contributed by atoms with Crippen molar-refractivity contribution in [1.29, 1.82) is 0 Å². The van der Waals surface area contributed by atoms with Gasteiger partial charge in [0.1, 0.15) is 11.2 Å². The van der Waals surface area contributed by atoms with Crippen LogP contribution in [0.2, 0.25) is 0 Å². The quantitative estimate of drug-likeness (QED) is 0.172. The van der Waals surface area contributed by atoms with Gasteiger partial charge in [-0.05, 0) is 96.5 Å². The standard InChI is InChI=1S/C51H35NO/c1-51(2)46-22-12-10-20-40(46)41-27-25-34(29-47(41)51)52(33-24-26-39-37-18-7-6-16-35(37)36-17-8-9-19-38(36)44(39)28-33)48-31-50-45(42-21-11-13-23-49(42)53-50)30-43(48)32-14-4-3-5-15-32/h3-31H,1-2H3. The molecule has 2 heteroatoms. The lowest BCUT2D eigenvalue weighted by Gasteiger charge is -2.30. The molecular formula is C51H35NO. The third-order valence-corrected chi connectivity index (χ3v) is 11.6. The van der Waals surface area contributed by atoms with Crippen LogP contribution in [-0.4, -0.2) is 0 Å². The van der Waals surface area contributed by atoms with E-state index in [1.807, 2.05) is 6.07 Å². The molecule has 0 bridgehead atoms. The lowest BCUT2D eigenvalue weighted by molar-refractivity contribution is 0.660. The molecule has 0 fully saturated rings. The predicted molar refractivity (Wildman–Crippen MR) is 224 cm³/mol. The van der Waals surface area contributed by atoms with Gasteiger partial charge in [0.05, 0.1) is 5.69 Å². The summed E-state index contributed by atoms with van der Waals surface area (Å²) in [5, 5.41) is 9.80. The van der Waals surface area contributed by atoms with Crippen LogP contribution in [0.4, 0.5) is 17.1 Å². The molecule has 0 radical (unpaired) electrons. The fraction of sp³-hybridized carbons (Fsp3) is 0.0588. The van der Waals surface area contributed by atoms with E-state index in [0.29, 0.717) is 0 Å². The molecule has 10 aromatic rings. The number of hydrogen-bond donors (Lipinski definition) is 0. The van der Waals surface area contributed by atoms with Crippen LogP contribution in [0.1, 0.15) is 25.0 Å². The molecule has 1 aliphatic rings. The molecule has 0 N–H and O–H groups in total. The molecule has 0 atom stereocenters. The van der Waals surface area contributed by atoms with Crippen molar-refractivity contribution in [2.24, 2.45) is 0 Å². The number of nitrogens with zero attached hydrogens (tertiary/aromatic N) is 1. The largest absolute Gasteiger partial charge is 0.456 e. The van der Waals surface area contributed by atoms with Gasteiger partial charge in [0, 0.05) is 39.2 Å². The van der Waals surface area contributed by atoms with Crippen molar-refractivity contribution in [3.63, 3.8) is 0 Å². The van der Waals surface area contributed by atoms with E-state index in [-0.39, 0.29) is 5.41 Å². The van der Waals surface area contributed by atoms with Crippen LogP contribution in [0.5, 0.6) is 0 Å². The van der Waals surface area contributed by atoms with Crippen LogP contribution in [-0.2, 0) is 5.41 Å². The second kappa shape index (κ2) is 11.2. The van der Waals surface area contributed by atoms with E-state index >= 15 is 0 Å². The highest BCUT2D eigenvalue weighted by Gasteiger charge is 2.36. The fourth-order valence-electron chi connectivity index (χ4n) is 9.09. The molecule has 0 saturated carbocycles. The van der Waals surface area contributed by atoms with Gasteiger partial charge in [-0.25, -0.2) is 0 Å². The van der Waals surface area contributed by atoms with Gasteiger partial charge < -0.3 is 9.32 Å². The molecule has 0 spiro atoms. The van der Waals surface area contributed by atoms with E-state index in [0.717, 1.165) is 50.1 Å². The Morgan fingerprint density at radius 1 is 0.377 bits per heavy atom. The lowest BCUT2D eigenvalue weighted by Crippen LogP contribution is -2.17. The summed E-state index contributed by atoms with van der Waals surface area (Å²) in [6.45, 7) is 4.71. The molecule has 9 aromatic carbocycles. The summed E-state index contributed by atoms with van der Waals surface area (Å²) in [6.07, 6.45) is 0. The smallest absolute Gasteiger partial charge is 0.137 e. The lowest BCUT2D eigenvalue weighted by atomic mass is 9.82. The maximum Gasteiger partial charge on any atom is 0.137 e. The van der Waals surface area contributed by atoms with E-state index in [2.05, 4.69) is 189 Å². The maximum atomic E-state index is 6.60. The third kappa shape index (κ3) is 4.39. The van der Waals surface area contributed by atoms with E-state index in [1.165, 1.54) is 54.6 Å². The first-order valence-electron chi connectivity index (χ1n) is 18.4. The highest BCUT2D eigenvalue weighted by Crippen LogP contribution is 2.52. The highest BCUT2D eigenvalue weighted by atomic mass is 16.3. The van der Waals surface area contributed by atoms with Gasteiger partial charge in [-0.3, -0.25) is 0 Å². The van der Waals surface area contributed by atoms with Gasteiger partial charge in [0.15, 0.2) is 0 Å². The average Bonchev–Trinajstić information content (AvgIpc) is 3.69. The molecule has 0 aliphatic heterocycles. The Labute approximate surface area is 308 Å². The molecule has 0 unspecified atom stereocenters. The molecule has 1 heterocycles. The number of benzene rings is 9. The Morgan fingerprint density at radius 2 is 0.943 bits per heavy atom. The minimum atomic E-state index is -0.142. The van der Waals surface area contributed by atoms with Gasteiger partial charge in [0.25, 0.3) is 0 Å². The van der Waals surface area contributed by atoms with Gasteiger partial charge in [-0.1, -0.05) is 147 Å². The summed E-state index contributed by atoms with van der Waals surface area (Å²) in [7, 11) is 0. The minimum Gasteiger partial charge on any atom is -0.456 e. The fourth-order valence-corrected chi connectivity index (χ4v) is 9.09. The Morgan fingerprint density at radius 3 is 1.70 bits per heavy atom. The SMILES string of the molecule is CC1(C)c2ccccc2-c2ccc(N(c3ccc4c5ccccc5c5ccccc5c4c3)c3cc4oc5ccccc5c4cc3-c3ccccc3)cc21. The first-order chi connectivity index (χ1) is 26.0. The van der Waals surface area contributed by atoms with Crippen LogP contribution in [0.15, 0.2) is 180 Å². The number of hydrogen-bond acceptors (Lipinski definition) is 2. The number of rotatable bonds is 4. The van der Waals surface area contributed by atoms with Gasteiger partial charge in [-0.15, -0.1) is 0 Å². The van der Waals surface area contributed by atoms with Crippen molar-refractivity contribution >= 4 is 71.3 Å². The maximum absolute atomic E-state index is 6.60. The molecule has 2 nitrogen and oxygen atoms in total. The minimum absolute atomic E-state index is 0.142. The zero-order valence-corrected chi connectivity index (χ0v) is 29.6. The summed E-state index contributed by atoms with van der Waals surface area (Å²) in [4.78, 5) is 2.46. The number of anilines is 3. The summed E-state index contributed by atoms with van der Waals surface area (Å²) in [6, 6.07) is 64.3. The van der Waals surface area contributed by atoms with Crippen molar-refractivity contribution < 1.29 is 4.42 Å². The Balaban J connectivity index is 1.24. The van der Waals surface area contributed by atoms with Gasteiger partial charge in [0.2, 0.25) is 0 Å². The van der Waals surface area contributed by atoms with Crippen molar-refractivity contribution in [2.45, 2.75) is 19.3 Å². The Kier molecular flexibility index (Phi) is 6.33. The van der Waals surface area contributed by atoms with Crippen LogP contribution in [0.25, 0.3) is 76.5 Å². The average molecular weight is 678 g/mol. The number of para-hydroxylation sites is 1. The van der Waals surface area contributed by atoms with E-state index in [4.69, 9.17) is 4.42 Å². The first kappa shape index (κ1) is 30.0. The van der Waals surface area contributed by atoms with Crippen molar-refractivity contribution in [1.82, 2.24) is 0 Å². The first-order valence-corrected chi connectivity index (χ1v) is 18.4. The van der Waals surface area contributed by atoms with Crippen LogP contribution < -0.4 is 4.90 Å². The van der Waals surface area contributed by atoms with Crippen LogP contribution >= 0.6 is 0 Å². The van der Waals surface area contributed by atoms with Crippen molar-refractivity contribution in [3.8, 4) is 22.3 Å². The molecule has 1 aliphatic carbocycles. The third-order valence-electron chi connectivity index (χ3n) is 11.6. The summed E-state index contributed by atoms with van der Waals surface area (Å²) >= 11 is 0. The molecule has 250 valence electrons. The normalized spacial score (nSPS) is 13.2. The second-order valence-electron chi connectivity index (χ2n) is 14.9. The van der Waals surface area contributed by atoms with Crippen LogP contribution in [0.3, 0.4) is 0 Å². The topological polar surface area (TPSA) is 16.4 Å². The van der Waals surface area contributed by atoms with Crippen molar-refractivity contribution in [3.05, 3.63) is 187 Å². The van der Waals surface area contributed by atoms with Crippen molar-refractivity contribution in [2.75, 3.05) is 4.90 Å². The summed E-state index contributed by atoms with van der Waals surface area (Å²) < 4.78 is 6.60. The predicted octanol–water partition coefficient (Wildman–Crippen LogP) is 14.5. The van der Waals surface area contributed by atoms with E-state index in [9.17, 15) is 0 Å². The van der Waals surface area contributed by atoms with Crippen LogP contribution in [0, 0.1) is 0 Å². The number of fused-ring (bicyclic) bond motifs is 12.